The lowest BCUT2D eigenvalue weighted by Gasteiger charge is -2.17. The van der Waals surface area contributed by atoms with Crippen LogP contribution in [-0.4, -0.2) is 7.11 Å². The second kappa shape index (κ2) is 4.67. The van der Waals surface area contributed by atoms with E-state index >= 15 is 0 Å². The van der Waals surface area contributed by atoms with E-state index in [1.165, 1.54) is 0 Å². The van der Waals surface area contributed by atoms with Gasteiger partial charge in [0.1, 0.15) is 5.75 Å². The maximum absolute atomic E-state index is 6.02. The van der Waals surface area contributed by atoms with Crippen LogP contribution in [0.4, 0.5) is 0 Å². The highest BCUT2D eigenvalue weighted by Gasteiger charge is 2.12. The van der Waals surface area contributed by atoms with Crippen LogP contribution in [0.25, 0.3) is 0 Å². The molecule has 0 unspecified atom stereocenters. The van der Waals surface area contributed by atoms with Crippen molar-refractivity contribution in [3.8, 4) is 5.75 Å². The number of nitrogens with two attached hydrogens (primary N) is 1. The molecule has 0 bridgehead atoms. The molecule has 0 heterocycles. The highest BCUT2D eigenvalue weighted by Crippen LogP contribution is 2.27. The van der Waals surface area contributed by atoms with Gasteiger partial charge < -0.3 is 10.5 Å². The quantitative estimate of drug-likeness (QED) is 0.838. The van der Waals surface area contributed by atoms with Crippen LogP contribution < -0.4 is 10.5 Å². The Morgan fingerprint density at radius 3 is 2.43 bits per heavy atom. The van der Waals surface area contributed by atoms with Gasteiger partial charge in [-0.25, -0.2) is 0 Å². The Morgan fingerprint density at radius 1 is 1.29 bits per heavy atom. The SMILES string of the molecule is COc1cc(Cl)cc([C@@H](N)C(C)C)c1. The van der Waals surface area contributed by atoms with Crippen molar-refractivity contribution in [2.75, 3.05) is 7.11 Å². The van der Waals surface area contributed by atoms with Crippen molar-refractivity contribution in [2.45, 2.75) is 19.9 Å². The van der Waals surface area contributed by atoms with Gasteiger partial charge in [0.25, 0.3) is 0 Å². The molecule has 0 aliphatic rings. The van der Waals surface area contributed by atoms with Gasteiger partial charge in [-0.05, 0) is 29.7 Å². The van der Waals surface area contributed by atoms with E-state index in [0.29, 0.717) is 10.9 Å². The van der Waals surface area contributed by atoms with Crippen molar-refractivity contribution in [1.29, 1.82) is 0 Å². The molecule has 1 atom stereocenters. The summed E-state index contributed by atoms with van der Waals surface area (Å²) in [6, 6.07) is 5.59. The molecule has 0 saturated heterocycles. The van der Waals surface area contributed by atoms with Gasteiger partial charge in [-0.1, -0.05) is 25.4 Å². The molecular formula is C11H16ClNO. The molecule has 0 aliphatic carbocycles. The van der Waals surface area contributed by atoms with Crippen LogP contribution >= 0.6 is 11.6 Å². The predicted molar refractivity (Wildman–Crippen MR) is 59.8 cm³/mol. The number of benzene rings is 1. The third-order valence-electron chi connectivity index (χ3n) is 2.23. The zero-order valence-electron chi connectivity index (χ0n) is 8.75. The van der Waals surface area contributed by atoms with Crippen LogP contribution in [0.1, 0.15) is 25.5 Å². The van der Waals surface area contributed by atoms with Crippen molar-refractivity contribution in [3.05, 3.63) is 28.8 Å². The molecule has 0 saturated carbocycles. The number of methoxy groups -OCH3 is 1. The highest BCUT2D eigenvalue weighted by molar-refractivity contribution is 6.30. The van der Waals surface area contributed by atoms with Gasteiger partial charge in [0.2, 0.25) is 0 Å². The second-order valence-corrected chi connectivity index (χ2v) is 4.13. The third-order valence-corrected chi connectivity index (χ3v) is 2.45. The molecule has 0 fully saturated rings. The zero-order valence-corrected chi connectivity index (χ0v) is 9.51. The fraction of sp³-hybridized carbons (Fsp3) is 0.455. The molecule has 0 aromatic heterocycles. The molecule has 0 aliphatic heterocycles. The van der Waals surface area contributed by atoms with E-state index in [0.717, 1.165) is 11.3 Å². The third kappa shape index (κ3) is 2.63. The van der Waals surface area contributed by atoms with Crippen molar-refractivity contribution in [2.24, 2.45) is 11.7 Å². The van der Waals surface area contributed by atoms with E-state index in [1.807, 2.05) is 12.1 Å². The van der Waals surface area contributed by atoms with E-state index in [1.54, 1.807) is 13.2 Å². The standard InChI is InChI=1S/C11H16ClNO/c1-7(2)11(13)8-4-9(12)6-10(5-8)14-3/h4-7,11H,13H2,1-3H3/t11-/m0/s1. The summed E-state index contributed by atoms with van der Waals surface area (Å²) in [6.07, 6.45) is 0. The van der Waals surface area contributed by atoms with Gasteiger partial charge in [-0.3, -0.25) is 0 Å². The van der Waals surface area contributed by atoms with E-state index in [4.69, 9.17) is 22.1 Å². The molecule has 14 heavy (non-hydrogen) atoms. The lowest BCUT2D eigenvalue weighted by molar-refractivity contribution is 0.412. The van der Waals surface area contributed by atoms with E-state index in [2.05, 4.69) is 13.8 Å². The summed E-state index contributed by atoms with van der Waals surface area (Å²) in [6.45, 7) is 4.16. The number of hydrogen-bond acceptors (Lipinski definition) is 2. The molecule has 0 radical (unpaired) electrons. The molecule has 0 amide bonds. The van der Waals surface area contributed by atoms with Crippen molar-refractivity contribution in [1.82, 2.24) is 0 Å². The average molecular weight is 214 g/mol. The Balaban J connectivity index is 3.02. The molecule has 2 N–H and O–H groups in total. The normalized spacial score (nSPS) is 13.0. The topological polar surface area (TPSA) is 35.2 Å². The summed E-state index contributed by atoms with van der Waals surface area (Å²) in [5.74, 6) is 1.14. The lowest BCUT2D eigenvalue weighted by Crippen LogP contribution is -2.16. The van der Waals surface area contributed by atoms with Crippen LogP contribution in [-0.2, 0) is 0 Å². The van der Waals surface area contributed by atoms with Gasteiger partial charge >= 0.3 is 0 Å². The largest absolute Gasteiger partial charge is 0.497 e. The summed E-state index contributed by atoms with van der Waals surface area (Å²) in [7, 11) is 1.62. The van der Waals surface area contributed by atoms with Gasteiger partial charge in [-0.2, -0.15) is 0 Å². The first-order valence-electron chi connectivity index (χ1n) is 4.64. The first kappa shape index (κ1) is 11.3. The van der Waals surface area contributed by atoms with Crippen molar-refractivity contribution in [3.63, 3.8) is 0 Å². The maximum atomic E-state index is 6.02. The van der Waals surface area contributed by atoms with E-state index in [9.17, 15) is 0 Å². The summed E-state index contributed by atoms with van der Waals surface area (Å²) in [4.78, 5) is 0. The van der Waals surface area contributed by atoms with Gasteiger partial charge in [0, 0.05) is 11.1 Å². The van der Waals surface area contributed by atoms with E-state index < -0.39 is 0 Å². The van der Waals surface area contributed by atoms with Crippen molar-refractivity contribution < 1.29 is 4.74 Å². The van der Waals surface area contributed by atoms with Crippen LogP contribution in [0.3, 0.4) is 0 Å². The first-order chi connectivity index (χ1) is 6.54. The molecule has 1 aromatic rings. The lowest BCUT2D eigenvalue weighted by atomic mass is 9.97. The molecule has 2 nitrogen and oxygen atoms in total. The smallest absolute Gasteiger partial charge is 0.120 e. The minimum Gasteiger partial charge on any atom is -0.497 e. The minimum atomic E-state index is 0.00241. The summed E-state index contributed by atoms with van der Waals surface area (Å²) < 4.78 is 5.13. The Labute approximate surface area is 90.0 Å². The van der Waals surface area contributed by atoms with Gasteiger partial charge in [0.05, 0.1) is 7.11 Å². The molecule has 1 aromatic carbocycles. The van der Waals surface area contributed by atoms with Crippen LogP contribution in [0.5, 0.6) is 5.75 Å². The molecule has 1 rings (SSSR count). The van der Waals surface area contributed by atoms with Crippen molar-refractivity contribution >= 4 is 11.6 Å². The molecule has 3 heteroatoms. The maximum Gasteiger partial charge on any atom is 0.120 e. The molecule has 78 valence electrons. The molecular weight excluding hydrogens is 198 g/mol. The van der Waals surface area contributed by atoms with Crippen LogP contribution in [0.2, 0.25) is 5.02 Å². The van der Waals surface area contributed by atoms with Gasteiger partial charge in [0.15, 0.2) is 0 Å². The second-order valence-electron chi connectivity index (χ2n) is 3.69. The number of hydrogen-bond donors (Lipinski definition) is 1. The number of ether oxygens (including phenoxy) is 1. The first-order valence-corrected chi connectivity index (χ1v) is 5.02. The number of rotatable bonds is 3. The predicted octanol–water partition coefficient (Wildman–Crippen LogP) is 3.00. The van der Waals surface area contributed by atoms with Crippen LogP contribution in [0.15, 0.2) is 18.2 Å². The Kier molecular flexibility index (Phi) is 3.78. The van der Waals surface area contributed by atoms with Gasteiger partial charge in [-0.15, -0.1) is 0 Å². The minimum absolute atomic E-state index is 0.00241. The summed E-state index contributed by atoms with van der Waals surface area (Å²) >= 11 is 5.94. The fourth-order valence-electron chi connectivity index (χ4n) is 1.28. The number of halogens is 1. The monoisotopic (exact) mass is 213 g/mol. The zero-order chi connectivity index (χ0) is 10.7. The Bertz CT molecular complexity index is 312. The average Bonchev–Trinajstić information content (AvgIpc) is 2.15. The molecule has 0 spiro atoms. The summed E-state index contributed by atoms with van der Waals surface area (Å²) in [5.41, 5.74) is 7.03. The fourth-order valence-corrected chi connectivity index (χ4v) is 1.51. The Hall–Kier alpha value is -0.730. The Morgan fingerprint density at radius 2 is 1.93 bits per heavy atom. The van der Waals surface area contributed by atoms with E-state index in [-0.39, 0.29) is 6.04 Å². The summed E-state index contributed by atoms with van der Waals surface area (Å²) in [5, 5.41) is 0.662. The highest BCUT2D eigenvalue weighted by atomic mass is 35.5. The van der Waals surface area contributed by atoms with Crippen LogP contribution in [0, 0.1) is 5.92 Å².